The van der Waals surface area contributed by atoms with Crippen LogP contribution < -0.4 is 4.90 Å². The third-order valence-corrected chi connectivity index (χ3v) is 4.41. The lowest BCUT2D eigenvalue weighted by Gasteiger charge is -2.18. The average molecular weight is 269 g/mol. The highest BCUT2D eigenvalue weighted by atomic mass is 15.2. The number of quaternary nitrogens is 1. The second-order valence-electron chi connectivity index (χ2n) is 6.08. The van der Waals surface area contributed by atoms with Crippen LogP contribution in [0.1, 0.15) is 36.6 Å². The Morgan fingerprint density at radius 2 is 1.90 bits per heavy atom. The molecule has 2 aromatic rings. The topological polar surface area (TPSA) is 9.37 Å². The first-order valence-electron chi connectivity index (χ1n) is 7.80. The molecule has 1 atom stereocenters. The number of benzene rings is 1. The van der Waals surface area contributed by atoms with Crippen molar-refractivity contribution in [2.75, 3.05) is 6.54 Å². The van der Waals surface area contributed by atoms with Crippen LogP contribution in [0, 0.1) is 6.92 Å². The Morgan fingerprint density at radius 1 is 1.15 bits per heavy atom. The van der Waals surface area contributed by atoms with Gasteiger partial charge in [0.25, 0.3) is 0 Å². The molecule has 2 nitrogen and oxygen atoms in total. The Hall–Kier alpha value is -1.54. The summed E-state index contributed by atoms with van der Waals surface area (Å²) in [5.74, 6) is 0. The summed E-state index contributed by atoms with van der Waals surface area (Å²) in [5.41, 5.74) is 4.18. The highest BCUT2D eigenvalue weighted by molar-refractivity contribution is 5.22. The number of nitrogens with zero attached hydrogens (tertiary/aromatic N) is 1. The SMILES string of the molecule is CC[NH+](Cc1cccn1Cc1ccc(C)cc1)C1CC1. The van der Waals surface area contributed by atoms with Crippen LogP contribution in [-0.2, 0) is 13.1 Å². The van der Waals surface area contributed by atoms with Crippen LogP contribution in [0.15, 0.2) is 42.6 Å². The minimum atomic E-state index is 0.919. The molecule has 1 heterocycles. The largest absolute Gasteiger partial charge is 0.342 e. The molecule has 1 aliphatic carbocycles. The maximum atomic E-state index is 2.41. The molecule has 1 aromatic carbocycles. The molecular formula is C18H25N2+. The molecule has 20 heavy (non-hydrogen) atoms. The molecule has 1 N–H and O–H groups in total. The molecular weight excluding hydrogens is 244 g/mol. The van der Waals surface area contributed by atoms with E-state index in [0.29, 0.717) is 0 Å². The van der Waals surface area contributed by atoms with Crippen LogP contribution in [0.5, 0.6) is 0 Å². The van der Waals surface area contributed by atoms with Crippen molar-refractivity contribution in [3.8, 4) is 0 Å². The van der Waals surface area contributed by atoms with Gasteiger partial charge < -0.3 is 9.47 Å². The fraction of sp³-hybridized carbons (Fsp3) is 0.444. The summed E-state index contributed by atoms with van der Waals surface area (Å²) in [6.45, 7) is 7.84. The zero-order valence-electron chi connectivity index (χ0n) is 12.6. The predicted molar refractivity (Wildman–Crippen MR) is 82.9 cm³/mol. The van der Waals surface area contributed by atoms with E-state index in [4.69, 9.17) is 0 Å². The van der Waals surface area contributed by atoms with Crippen molar-refractivity contribution in [2.45, 2.75) is 45.8 Å². The van der Waals surface area contributed by atoms with Gasteiger partial charge in [0.05, 0.1) is 18.3 Å². The van der Waals surface area contributed by atoms with Crippen molar-refractivity contribution in [1.29, 1.82) is 0 Å². The van der Waals surface area contributed by atoms with Gasteiger partial charge in [0.15, 0.2) is 0 Å². The summed E-state index contributed by atoms with van der Waals surface area (Å²) in [6.07, 6.45) is 5.05. The molecule has 2 heteroatoms. The summed E-state index contributed by atoms with van der Waals surface area (Å²) < 4.78 is 2.41. The van der Waals surface area contributed by atoms with E-state index in [9.17, 15) is 0 Å². The fourth-order valence-corrected chi connectivity index (χ4v) is 2.94. The number of nitrogens with one attached hydrogen (secondary N) is 1. The van der Waals surface area contributed by atoms with Gasteiger partial charge in [0, 0.05) is 25.6 Å². The molecule has 1 aliphatic rings. The zero-order valence-corrected chi connectivity index (χ0v) is 12.6. The van der Waals surface area contributed by atoms with Crippen LogP contribution in [-0.4, -0.2) is 17.2 Å². The second kappa shape index (κ2) is 5.84. The van der Waals surface area contributed by atoms with E-state index in [1.165, 1.54) is 42.8 Å². The summed E-state index contributed by atoms with van der Waals surface area (Å²) in [7, 11) is 0. The minimum absolute atomic E-state index is 0.919. The lowest BCUT2D eigenvalue weighted by Crippen LogP contribution is -3.11. The molecule has 3 rings (SSSR count). The molecule has 0 amide bonds. The number of aryl methyl sites for hydroxylation is 1. The van der Waals surface area contributed by atoms with E-state index in [1.807, 2.05) is 0 Å². The Kier molecular flexibility index (Phi) is 3.93. The van der Waals surface area contributed by atoms with E-state index >= 15 is 0 Å². The Bertz CT molecular complexity index is 549. The number of hydrogen-bond acceptors (Lipinski definition) is 0. The van der Waals surface area contributed by atoms with Crippen molar-refractivity contribution >= 4 is 0 Å². The van der Waals surface area contributed by atoms with Crippen molar-refractivity contribution < 1.29 is 4.90 Å². The number of rotatable bonds is 6. The van der Waals surface area contributed by atoms with Crippen molar-refractivity contribution in [1.82, 2.24) is 4.57 Å². The van der Waals surface area contributed by atoms with E-state index in [-0.39, 0.29) is 0 Å². The van der Waals surface area contributed by atoms with Gasteiger partial charge in [-0.05, 0) is 31.5 Å². The second-order valence-corrected chi connectivity index (χ2v) is 6.08. The van der Waals surface area contributed by atoms with Crippen molar-refractivity contribution in [3.63, 3.8) is 0 Å². The molecule has 1 unspecified atom stereocenters. The first kappa shape index (κ1) is 13.4. The average Bonchev–Trinajstić information content (AvgIpc) is 3.21. The maximum absolute atomic E-state index is 2.41. The van der Waals surface area contributed by atoms with Gasteiger partial charge in [-0.1, -0.05) is 29.8 Å². The van der Waals surface area contributed by atoms with Gasteiger partial charge in [0.2, 0.25) is 0 Å². The van der Waals surface area contributed by atoms with Gasteiger partial charge in [0.1, 0.15) is 6.54 Å². The Labute approximate surface area is 122 Å². The van der Waals surface area contributed by atoms with E-state index in [1.54, 1.807) is 4.90 Å². The Morgan fingerprint density at radius 3 is 2.55 bits per heavy atom. The number of hydrogen-bond donors (Lipinski definition) is 1. The zero-order chi connectivity index (χ0) is 13.9. The van der Waals surface area contributed by atoms with Gasteiger partial charge in [-0.15, -0.1) is 0 Å². The summed E-state index contributed by atoms with van der Waals surface area (Å²) in [5, 5.41) is 0. The van der Waals surface area contributed by atoms with E-state index in [0.717, 1.165) is 12.6 Å². The molecule has 106 valence electrons. The summed E-state index contributed by atoms with van der Waals surface area (Å²) in [6, 6.07) is 14.3. The molecule has 0 spiro atoms. The molecule has 0 bridgehead atoms. The van der Waals surface area contributed by atoms with Crippen LogP contribution in [0.3, 0.4) is 0 Å². The van der Waals surface area contributed by atoms with Crippen LogP contribution in [0.25, 0.3) is 0 Å². The predicted octanol–water partition coefficient (Wildman–Crippen LogP) is 2.41. The Balaban J connectivity index is 1.71. The van der Waals surface area contributed by atoms with Gasteiger partial charge in [-0.25, -0.2) is 0 Å². The number of aromatic nitrogens is 1. The lowest BCUT2D eigenvalue weighted by molar-refractivity contribution is -0.923. The monoisotopic (exact) mass is 269 g/mol. The first-order valence-corrected chi connectivity index (χ1v) is 7.80. The first-order chi connectivity index (χ1) is 9.76. The van der Waals surface area contributed by atoms with Gasteiger partial charge >= 0.3 is 0 Å². The van der Waals surface area contributed by atoms with Crippen molar-refractivity contribution in [3.05, 3.63) is 59.4 Å². The quantitative estimate of drug-likeness (QED) is 0.825. The molecule has 0 aliphatic heterocycles. The van der Waals surface area contributed by atoms with Gasteiger partial charge in [-0.3, -0.25) is 0 Å². The van der Waals surface area contributed by atoms with Crippen LogP contribution >= 0.6 is 0 Å². The molecule has 0 saturated heterocycles. The summed E-state index contributed by atoms with van der Waals surface area (Å²) in [4.78, 5) is 1.74. The van der Waals surface area contributed by atoms with Crippen molar-refractivity contribution in [2.24, 2.45) is 0 Å². The minimum Gasteiger partial charge on any atom is -0.342 e. The lowest BCUT2D eigenvalue weighted by atomic mass is 10.1. The molecule has 1 saturated carbocycles. The van der Waals surface area contributed by atoms with E-state index in [2.05, 4.69) is 61.0 Å². The molecule has 0 radical (unpaired) electrons. The van der Waals surface area contributed by atoms with E-state index < -0.39 is 0 Å². The highest BCUT2D eigenvalue weighted by Crippen LogP contribution is 2.16. The normalized spacial score (nSPS) is 16.3. The smallest absolute Gasteiger partial charge is 0.118 e. The fourth-order valence-electron chi connectivity index (χ4n) is 2.94. The van der Waals surface area contributed by atoms with Crippen LogP contribution in [0.2, 0.25) is 0 Å². The standard InChI is InChI=1S/C18H24N2/c1-3-19(17-10-11-17)14-18-5-4-12-20(18)13-16-8-6-15(2)7-9-16/h4-9,12,17H,3,10-11,13-14H2,1-2H3/p+1. The third-order valence-electron chi connectivity index (χ3n) is 4.41. The van der Waals surface area contributed by atoms with Crippen LogP contribution in [0.4, 0.5) is 0 Å². The molecule has 1 fully saturated rings. The molecule has 1 aromatic heterocycles. The maximum Gasteiger partial charge on any atom is 0.118 e. The van der Waals surface area contributed by atoms with Gasteiger partial charge in [-0.2, -0.15) is 0 Å². The third kappa shape index (κ3) is 3.13. The highest BCUT2D eigenvalue weighted by Gasteiger charge is 2.32. The summed E-state index contributed by atoms with van der Waals surface area (Å²) >= 11 is 0.